The van der Waals surface area contributed by atoms with E-state index in [0.29, 0.717) is 29.3 Å². The number of hydrogen-bond acceptors (Lipinski definition) is 5. The SMILES string of the molecule is CCOC(=O)c1c(C)[nH]c(/C(C)=N/NC(=O)CNc2ccccc2)c1C. The Morgan fingerprint density at radius 3 is 2.54 bits per heavy atom. The lowest BCUT2D eigenvalue weighted by molar-refractivity contribution is -0.119. The third-order valence-electron chi connectivity index (χ3n) is 3.85. The van der Waals surface area contributed by atoms with Gasteiger partial charge in [-0.3, -0.25) is 4.79 Å². The molecule has 26 heavy (non-hydrogen) atoms. The smallest absolute Gasteiger partial charge is 0.340 e. The average molecular weight is 356 g/mol. The van der Waals surface area contributed by atoms with Crippen LogP contribution in [0.25, 0.3) is 0 Å². The number of para-hydroxylation sites is 1. The van der Waals surface area contributed by atoms with E-state index < -0.39 is 0 Å². The van der Waals surface area contributed by atoms with Gasteiger partial charge >= 0.3 is 5.97 Å². The van der Waals surface area contributed by atoms with Gasteiger partial charge in [0.2, 0.25) is 0 Å². The van der Waals surface area contributed by atoms with Crippen molar-refractivity contribution in [2.24, 2.45) is 5.10 Å². The number of amides is 1. The molecule has 0 aliphatic heterocycles. The number of nitrogens with one attached hydrogen (secondary N) is 3. The van der Waals surface area contributed by atoms with Gasteiger partial charge in [0.05, 0.1) is 30.1 Å². The number of hydrogen-bond donors (Lipinski definition) is 3. The first kappa shape index (κ1) is 19.2. The number of aromatic nitrogens is 1. The van der Waals surface area contributed by atoms with Crippen molar-refractivity contribution in [2.45, 2.75) is 27.7 Å². The van der Waals surface area contributed by atoms with Crippen LogP contribution in [0, 0.1) is 13.8 Å². The first-order valence-electron chi connectivity index (χ1n) is 8.42. The maximum absolute atomic E-state index is 12.0. The Morgan fingerprint density at radius 1 is 1.19 bits per heavy atom. The Morgan fingerprint density at radius 2 is 1.88 bits per heavy atom. The third-order valence-corrected chi connectivity index (χ3v) is 3.85. The molecule has 138 valence electrons. The molecule has 7 nitrogen and oxygen atoms in total. The van der Waals surface area contributed by atoms with Crippen molar-refractivity contribution in [3.05, 3.63) is 52.8 Å². The highest BCUT2D eigenvalue weighted by atomic mass is 16.5. The summed E-state index contributed by atoms with van der Waals surface area (Å²) in [6.07, 6.45) is 0. The molecule has 0 bridgehead atoms. The number of nitrogens with zero attached hydrogens (tertiary/aromatic N) is 1. The van der Waals surface area contributed by atoms with Crippen LogP contribution < -0.4 is 10.7 Å². The number of rotatable bonds is 7. The highest BCUT2D eigenvalue weighted by Crippen LogP contribution is 2.19. The maximum Gasteiger partial charge on any atom is 0.340 e. The molecule has 7 heteroatoms. The highest BCUT2D eigenvalue weighted by molar-refractivity contribution is 6.03. The quantitative estimate of drug-likeness (QED) is 0.404. The fraction of sp³-hybridized carbons (Fsp3) is 0.316. The lowest BCUT2D eigenvalue weighted by Crippen LogP contribution is -2.26. The summed E-state index contributed by atoms with van der Waals surface area (Å²) in [5.41, 5.74) is 6.61. The van der Waals surface area contributed by atoms with Crippen molar-refractivity contribution >= 4 is 23.3 Å². The molecule has 1 amide bonds. The molecule has 1 heterocycles. The van der Waals surface area contributed by atoms with Gasteiger partial charge in [0.15, 0.2) is 0 Å². The number of ether oxygens (including phenoxy) is 1. The number of hydrazone groups is 1. The zero-order valence-corrected chi connectivity index (χ0v) is 15.5. The number of H-pyrrole nitrogens is 1. The first-order valence-corrected chi connectivity index (χ1v) is 8.42. The summed E-state index contributed by atoms with van der Waals surface area (Å²) >= 11 is 0. The van der Waals surface area contributed by atoms with Crippen molar-refractivity contribution in [1.82, 2.24) is 10.4 Å². The normalized spacial score (nSPS) is 11.2. The van der Waals surface area contributed by atoms with Crippen LogP contribution in [0.15, 0.2) is 35.4 Å². The number of carbonyl (C=O) groups excluding carboxylic acids is 2. The minimum Gasteiger partial charge on any atom is -0.462 e. The predicted octanol–water partition coefficient (Wildman–Crippen LogP) is 2.76. The maximum atomic E-state index is 12.0. The minimum atomic E-state index is -0.367. The van der Waals surface area contributed by atoms with Gasteiger partial charge in [-0.15, -0.1) is 0 Å². The van der Waals surface area contributed by atoms with Gasteiger partial charge < -0.3 is 15.0 Å². The monoisotopic (exact) mass is 356 g/mol. The predicted molar refractivity (Wildman–Crippen MR) is 102 cm³/mol. The number of esters is 1. The number of carbonyl (C=O) groups is 2. The van der Waals surface area contributed by atoms with Crippen LogP contribution >= 0.6 is 0 Å². The second-order valence-electron chi connectivity index (χ2n) is 5.80. The minimum absolute atomic E-state index is 0.109. The van der Waals surface area contributed by atoms with E-state index in [0.717, 1.165) is 11.3 Å². The Bertz CT molecular complexity index is 810. The summed E-state index contributed by atoms with van der Waals surface area (Å²) in [5.74, 6) is -0.631. The van der Waals surface area contributed by atoms with Crippen molar-refractivity contribution in [3.8, 4) is 0 Å². The Balaban J connectivity index is 2.02. The molecule has 0 atom stereocenters. The summed E-state index contributed by atoms with van der Waals surface area (Å²) < 4.78 is 5.08. The van der Waals surface area contributed by atoms with Crippen molar-refractivity contribution in [2.75, 3.05) is 18.5 Å². The summed E-state index contributed by atoms with van der Waals surface area (Å²) in [6.45, 7) is 7.58. The zero-order valence-electron chi connectivity index (χ0n) is 15.5. The second-order valence-corrected chi connectivity index (χ2v) is 5.80. The van der Waals surface area contributed by atoms with Crippen LogP contribution in [-0.4, -0.2) is 35.7 Å². The van der Waals surface area contributed by atoms with E-state index in [1.54, 1.807) is 20.8 Å². The lowest BCUT2D eigenvalue weighted by Gasteiger charge is -2.06. The molecule has 0 saturated carbocycles. The molecule has 0 radical (unpaired) electrons. The van der Waals surface area contributed by atoms with E-state index in [2.05, 4.69) is 20.8 Å². The van der Waals surface area contributed by atoms with Crippen LogP contribution in [0.5, 0.6) is 0 Å². The number of aryl methyl sites for hydroxylation is 1. The summed E-state index contributed by atoms with van der Waals surface area (Å²) in [5, 5.41) is 7.13. The Labute approximate surface area is 152 Å². The molecule has 0 aliphatic carbocycles. The van der Waals surface area contributed by atoms with Crippen LogP contribution in [-0.2, 0) is 9.53 Å². The van der Waals surface area contributed by atoms with Gasteiger partial charge in [0.25, 0.3) is 5.91 Å². The number of aromatic amines is 1. The summed E-state index contributed by atoms with van der Waals surface area (Å²) in [6, 6.07) is 9.44. The molecule has 0 saturated heterocycles. The first-order chi connectivity index (χ1) is 12.4. The molecule has 0 aliphatic rings. The largest absolute Gasteiger partial charge is 0.462 e. The molecular formula is C19H24N4O3. The summed E-state index contributed by atoms with van der Waals surface area (Å²) in [4.78, 5) is 27.1. The molecule has 2 rings (SSSR count). The van der Waals surface area contributed by atoms with Crippen LogP contribution in [0.1, 0.15) is 41.2 Å². The van der Waals surface area contributed by atoms with E-state index in [4.69, 9.17) is 4.74 Å². The molecule has 1 aromatic carbocycles. The number of anilines is 1. The van der Waals surface area contributed by atoms with E-state index >= 15 is 0 Å². The van der Waals surface area contributed by atoms with Gasteiger partial charge in [-0.05, 0) is 45.4 Å². The van der Waals surface area contributed by atoms with Crippen molar-refractivity contribution in [1.29, 1.82) is 0 Å². The van der Waals surface area contributed by atoms with E-state index in [1.807, 2.05) is 37.3 Å². The van der Waals surface area contributed by atoms with Crippen LogP contribution in [0.4, 0.5) is 5.69 Å². The van der Waals surface area contributed by atoms with Gasteiger partial charge in [0.1, 0.15) is 0 Å². The Hall–Kier alpha value is -3.09. The van der Waals surface area contributed by atoms with E-state index in [9.17, 15) is 9.59 Å². The Kier molecular flexibility index (Phi) is 6.54. The molecule has 3 N–H and O–H groups in total. The second kappa shape index (κ2) is 8.84. The topological polar surface area (TPSA) is 95.6 Å². The van der Waals surface area contributed by atoms with Gasteiger partial charge in [0, 0.05) is 11.4 Å². The van der Waals surface area contributed by atoms with Crippen molar-refractivity contribution < 1.29 is 14.3 Å². The van der Waals surface area contributed by atoms with E-state index in [1.165, 1.54) is 0 Å². The molecule has 1 aromatic heterocycles. The molecule has 0 fully saturated rings. The van der Waals surface area contributed by atoms with Gasteiger partial charge in [-0.25, -0.2) is 10.2 Å². The standard InChI is InChI=1S/C19H24N4O3/c1-5-26-19(25)17-12(2)18(21-13(17)3)14(4)22-23-16(24)11-20-15-9-7-6-8-10-15/h6-10,20-21H,5,11H2,1-4H3,(H,23,24)/b22-14+. The fourth-order valence-corrected chi connectivity index (χ4v) is 2.60. The highest BCUT2D eigenvalue weighted by Gasteiger charge is 2.20. The molecule has 0 spiro atoms. The molecule has 2 aromatic rings. The van der Waals surface area contributed by atoms with Gasteiger partial charge in [-0.2, -0.15) is 5.10 Å². The van der Waals surface area contributed by atoms with E-state index in [-0.39, 0.29) is 18.4 Å². The average Bonchev–Trinajstić information content (AvgIpc) is 2.93. The fourth-order valence-electron chi connectivity index (χ4n) is 2.60. The summed E-state index contributed by atoms with van der Waals surface area (Å²) in [7, 11) is 0. The lowest BCUT2D eigenvalue weighted by atomic mass is 10.1. The molecular weight excluding hydrogens is 332 g/mol. The van der Waals surface area contributed by atoms with Crippen LogP contribution in [0.3, 0.4) is 0 Å². The van der Waals surface area contributed by atoms with Crippen LogP contribution in [0.2, 0.25) is 0 Å². The van der Waals surface area contributed by atoms with Gasteiger partial charge in [-0.1, -0.05) is 18.2 Å². The zero-order chi connectivity index (χ0) is 19.1. The number of benzene rings is 1. The van der Waals surface area contributed by atoms with Crippen molar-refractivity contribution in [3.63, 3.8) is 0 Å². The molecule has 0 unspecified atom stereocenters. The third kappa shape index (κ3) is 4.72.